The van der Waals surface area contributed by atoms with Crippen LogP contribution in [0.15, 0.2) is 29.2 Å². The fraction of sp³-hybridized carbons (Fsp3) is 0.533. The summed E-state index contributed by atoms with van der Waals surface area (Å²) in [4.78, 5) is 13.5. The lowest BCUT2D eigenvalue weighted by Crippen LogP contribution is -2.44. The van der Waals surface area contributed by atoms with Crippen molar-refractivity contribution in [1.82, 2.24) is 5.32 Å². The van der Waals surface area contributed by atoms with E-state index < -0.39 is 0 Å². The zero-order valence-corrected chi connectivity index (χ0v) is 12.4. The van der Waals surface area contributed by atoms with Gasteiger partial charge in [0.1, 0.15) is 0 Å². The molecule has 1 aliphatic rings. The molecule has 1 heterocycles. The molecule has 1 aromatic carbocycles. The third-order valence-electron chi connectivity index (χ3n) is 3.33. The highest BCUT2D eigenvalue weighted by molar-refractivity contribution is 8.01. The molecule has 1 aliphatic heterocycles. The van der Waals surface area contributed by atoms with Gasteiger partial charge in [0.15, 0.2) is 0 Å². The maximum Gasteiger partial charge on any atom is 0.234 e. The first kappa shape index (κ1) is 14.4. The molecule has 4 heteroatoms. The maximum atomic E-state index is 12.3. The summed E-state index contributed by atoms with van der Waals surface area (Å²) in [5, 5.41) is 3.09. The molecular weight excluding hydrogens is 256 g/mol. The summed E-state index contributed by atoms with van der Waals surface area (Å²) in [6.07, 6.45) is 1.76. The summed E-state index contributed by atoms with van der Waals surface area (Å²) >= 11 is 1.66. The molecule has 0 saturated carbocycles. The Morgan fingerprint density at radius 3 is 2.84 bits per heavy atom. The maximum absolute atomic E-state index is 12.3. The highest BCUT2D eigenvalue weighted by Gasteiger charge is 2.29. The molecule has 2 atom stereocenters. The van der Waals surface area contributed by atoms with Crippen LogP contribution in [-0.4, -0.2) is 23.7 Å². The van der Waals surface area contributed by atoms with Crippen molar-refractivity contribution >= 4 is 17.7 Å². The van der Waals surface area contributed by atoms with E-state index in [1.54, 1.807) is 11.8 Å². The average Bonchev–Trinajstić information content (AvgIpc) is 2.81. The molecule has 0 fully saturated rings. The first-order chi connectivity index (χ1) is 9.10. The molecule has 3 N–H and O–H groups in total. The van der Waals surface area contributed by atoms with Crippen molar-refractivity contribution in [2.45, 2.75) is 42.9 Å². The number of nitrogens with one attached hydrogen (secondary N) is 1. The SMILES string of the molecule is CC(C)CC(CN)NC(=O)C1Cc2ccccc2S1. The normalized spacial score (nSPS) is 19.3. The Balaban J connectivity index is 1.92. The minimum Gasteiger partial charge on any atom is -0.351 e. The molecule has 3 nitrogen and oxygen atoms in total. The Labute approximate surface area is 119 Å². The van der Waals surface area contributed by atoms with Gasteiger partial charge in [-0.1, -0.05) is 32.0 Å². The van der Waals surface area contributed by atoms with Crippen molar-refractivity contribution in [2.24, 2.45) is 11.7 Å². The number of rotatable bonds is 5. The quantitative estimate of drug-likeness (QED) is 0.868. The van der Waals surface area contributed by atoms with Crippen molar-refractivity contribution in [1.29, 1.82) is 0 Å². The molecule has 0 radical (unpaired) electrons. The van der Waals surface area contributed by atoms with Crippen LogP contribution in [0.4, 0.5) is 0 Å². The minimum atomic E-state index is -0.00128. The fourth-order valence-corrected chi connectivity index (χ4v) is 3.61. The second-order valence-corrected chi connectivity index (χ2v) is 6.73. The standard InChI is InChI=1S/C15H22N2OS/c1-10(2)7-12(9-16)17-15(18)14-8-11-5-3-4-6-13(11)19-14/h3-6,10,12,14H,7-9,16H2,1-2H3,(H,17,18). The van der Waals surface area contributed by atoms with Crippen LogP contribution >= 0.6 is 11.8 Å². The summed E-state index contributed by atoms with van der Waals surface area (Å²) < 4.78 is 0. The predicted molar refractivity (Wildman–Crippen MR) is 80.2 cm³/mol. The molecular formula is C15H22N2OS. The molecule has 0 saturated heterocycles. The van der Waals surface area contributed by atoms with Crippen LogP contribution in [0.2, 0.25) is 0 Å². The lowest BCUT2D eigenvalue weighted by molar-refractivity contribution is -0.121. The van der Waals surface area contributed by atoms with Crippen LogP contribution in [0.3, 0.4) is 0 Å². The number of carbonyl (C=O) groups excluding carboxylic acids is 1. The summed E-state index contributed by atoms with van der Waals surface area (Å²) in [5.41, 5.74) is 7.01. The Bertz CT molecular complexity index is 423. The van der Waals surface area contributed by atoms with E-state index in [0.717, 1.165) is 12.8 Å². The lowest BCUT2D eigenvalue weighted by Gasteiger charge is -2.20. The third-order valence-corrected chi connectivity index (χ3v) is 4.64. The van der Waals surface area contributed by atoms with Gasteiger partial charge in [0, 0.05) is 17.5 Å². The highest BCUT2D eigenvalue weighted by Crippen LogP contribution is 2.36. The zero-order chi connectivity index (χ0) is 13.8. The molecule has 1 amide bonds. The van der Waals surface area contributed by atoms with Gasteiger partial charge >= 0.3 is 0 Å². The Kier molecular flexibility index (Phi) is 4.88. The number of nitrogens with two attached hydrogens (primary N) is 1. The van der Waals surface area contributed by atoms with E-state index in [-0.39, 0.29) is 17.2 Å². The average molecular weight is 278 g/mol. The first-order valence-electron chi connectivity index (χ1n) is 6.85. The van der Waals surface area contributed by atoms with Crippen LogP contribution in [-0.2, 0) is 11.2 Å². The van der Waals surface area contributed by atoms with E-state index in [1.165, 1.54) is 10.5 Å². The van der Waals surface area contributed by atoms with Crippen LogP contribution in [0.1, 0.15) is 25.8 Å². The van der Waals surface area contributed by atoms with Gasteiger partial charge in [0.25, 0.3) is 0 Å². The molecule has 0 spiro atoms. The van der Waals surface area contributed by atoms with Crippen LogP contribution in [0, 0.1) is 5.92 Å². The van der Waals surface area contributed by atoms with Crippen molar-refractivity contribution in [3.63, 3.8) is 0 Å². The number of fused-ring (bicyclic) bond motifs is 1. The molecule has 19 heavy (non-hydrogen) atoms. The molecule has 0 bridgehead atoms. The van der Waals surface area contributed by atoms with Gasteiger partial charge in [0.2, 0.25) is 5.91 Å². The Morgan fingerprint density at radius 1 is 1.47 bits per heavy atom. The predicted octanol–water partition coefficient (Wildman–Crippen LogP) is 2.19. The van der Waals surface area contributed by atoms with Crippen LogP contribution in [0.25, 0.3) is 0 Å². The van der Waals surface area contributed by atoms with E-state index >= 15 is 0 Å². The highest BCUT2D eigenvalue weighted by atomic mass is 32.2. The van der Waals surface area contributed by atoms with Gasteiger partial charge in [-0.2, -0.15) is 0 Å². The summed E-state index contributed by atoms with van der Waals surface area (Å²) in [6, 6.07) is 8.33. The molecule has 0 aliphatic carbocycles. The first-order valence-corrected chi connectivity index (χ1v) is 7.73. The molecule has 2 rings (SSSR count). The van der Waals surface area contributed by atoms with E-state index in [4.69, 9.17) is 5.73 Å². The van der Waals surface area contributed by atoms with Gasteiger partial charge in [-0.05, 0) is 30.4 Å². The van der Waals surface area contributed by atoms with Gasteiger partial charge in [-0.15, -0.1) is 11.8 Å². The number of benzene rings is 1. The van der Waals surface area contributed by atoms with E-state index in [2.05, 4.69) is 31.3 Å². The van der Waals surface area contributed by atoms with Gasteiger partial charge in [0.05, 0.1) is 5.25 Å². The van der Waals surface area contributed by atoms with Gasteiger partial charge < -0.3 is 11.1 Å². The molecule has 2 unspecified atom stereocenters. The third kappa shape index (κ3) is 3.74. The molecule has 1 aromatic rings. The largest absolute Gasteiger partial charge is 0.351 e. The lowest BCUT2D eigenvalue weighted by atomic mass is 10.0. The second-order valence-electron chi connectivity index (χ2n) is 5.49. The zero-order valence-electron chi connectivity index (χ0n) is 11.6. The molecule has 0 aromatic heterocycles. The molecule has 104 valence electrons. The second kappa shape index (κ2) is 6.44. The van der Waals surface area contributed by atoms with Crippen molar-refractivity contribution in [3.05, 3.63) is 29.8 Å². The topological polar surface area (TPSA) is 55.1 Å². The number of amides is 1. The monoisotopic (exact) mass is 278 g/mol. The minimum absolute atomic E-state index is 0.00128. The Morgan fingerprint density at radius 2 is 2.21 bits per heavy atom. The van der Waals surface area contributed by atoms with Crippen molar-refractivity contribution < 1.29 is 4.79 Å². The number of thioether (sulfide) groups is 1. The number of hydrogen-bond donors (Lipinski definition) is 2. The van der Waals surface area contributed by atoms with E-state index in [1.807, 2.05) is 12.1 Å². The van der Waals surface area contributed by atoms with Crippen LogP contribution in [0.5, 0.6) is 0 Å². The fourth-order valence-electron chi connectivity index (χ4n) is 2.41. The van der Waals surface area contributed by atoms with E-state index in [9.17, 15) is 4.79 Å². The van der Waals surface area contributed by atoms with Crippen LogP contribution < -0.4 is 11.1 Å². The summed E-state index contributed by atoms with van der Waals surface area (Å²) in [7, 11) is 0. The van der Waals surface area contributed by atoms with Crippen molar-refractivity contribution in [3.8, 4) is 0 Å². The van der Waals surface area contributed by atoms with E-state index in [0.29, 0.717) is 12.5 Å². The smallest absolute Gasteiger partial charge is 0.234 e. The van der Waals surface area contributed by atoms with Gasteiger partial charge in [-0.3, -0.25) is 4.79 Å². The summed E-state index contributed by atoms with van der Waals surface area (Å²) in [6.45, 7) is 4.80. The number of carbonyl (C=O) groups is 1. The number of hydrogen-bond acceptors (Lipinski definition) is 3. The Hall–Kier alpha value is -1.00. The summed E-state index contributed by atoms with van der Waals surface area (Å²) in [5.74, 6) is 0.666. The van der Waals surface area contributed by atoms with Gasteiger partial charge in [-0.25, -0.2) is 0 Å². The van der Waals surface area contributed by atoms with Crippen molar-refractivity contribution in [2.75, 3.05) is 6.54 Å².